The van der Waals surface area contributed by atoms with E-state index in [1.54, 1.807) is 0 Å². The first-order valence-corrected chi connectivity index (χ1v) is 9.21. The molecule has 0 saturated heterocycles. The minimum atomic E-state index is 0.184. The molecule has 2 bridgehead atoms. The second-order valence-electron chi connectivity index (χ2n) is 8.43. The van der Waals surface area contributed by atoms with Gasteiger partial charge in [0.1, 0.15) is 0 Å². The average Bonchev–Trinajstić information content (AvgIpc) is 3.08. The highest BCUT2D eigenvalue weighted by Crippen LogP contribution is 2.57. The van der Waals surface area contributed by atoms with E-state index in [0.29, 0.717) is 6.10 Å². The fourth-order valence-corrected chi connectivity index (χ4v) is 6.55. The topological polar surface area (TPSA) is 9.23 Å². The van der Waals surface area contributed by atoms with Crippen LogP contribution in [0.2, 0.25) is 0 Å². The fourth-order valence-electron chi connectivity index (χ4n) is 6.55. The monoisotopic (exact) mass is 272 g/mol. The minimum absolute atomic E-state index is 0.184. The van der Waals surface area contributed by atoms with Crippen LogP contribution < -0.4 is 0 Å². The normalized spacial score (nSPS) is 56.8. The SMILES string of the molecule is C1=CC2(CC3CCC2C3)OC2C1CCC1CCCCC12. The minimum Gasteiger partial charge on any atom is -0.366 e. The van der Waals surface area contributed by atoms with Crippen molar-refractivity contribution in [1.82, 2.24) is 0 Å². The summed E-state index contributed by atoms with van der Waals surface area (Å²) in [5, 5.41) is 0. The molecule has 1 heteroatoms. The quantitative estimate of drug-likeness (QED) is 0.580. The summed E-state index contributed by atoms with van der Waals surface area (Å²) in [6, 6.07) is 0. The molecule has 0 aromatic rings. The van der Waals surface area contributed by atoms with Gasteiger partial charge < -0.3 is 4.74 Å². The molecule has 1 aliphatic heterocycles. The maximum absolute atomic E-state index is 6.96. The summed E-state index contributed by atoms with van der Waals surface area (Å²) >= 11 is 0. The molecule has 4 aliphatic carbocycles. The summed E-state index contributed by atoms with van der Waals surface area (Å²) in [6.45, 7) is 0. The van der Waals surface area contributed by atoms with Crippen LogP contribution in [0, 0.1) is 29.6 Å². The summed E-state index contributed by atoms with van der Waals surface area (Å²) in [4.78, 5) is 0. The maximum Gasteiger partial charge on any atom is 0.0897 e. The molecule has 110 valence electrons. The molecule has 20 heavy (non-hydrogen) atoms. The van der Waals surface area contributed by atoms with Gasteiger partial charge in [-0.15, -0.1) is 0 Å². The highest BCUT2D eigenvalue weighted by atomic mass is 16.5. The lowest BCUT2D eigenvalue weighted by molar-refractivity contribution is -0.164. The van der Waals surface area contributed by atoms with Gasteiger partial charge in [0, 0.05) is 5.92 Å². The second-order valence-corrected chi connectivity index (χ2v) is 8.43. The lowest BCUT2D eigenvalue weighted by atomic mass is 9.64. The Kier molecular flexibility index (Phi) is 2.67. The highest BCUT2D eigenvalue weighted by molar-refractivity contribution is 5.19. The molecule has 1 heterocycles. The average molecular weight is 272 g/mol. The molecular formula is C19H28O. The zero-order valence-corrected chi connectivity index (χ0v) is 12.6. The lowest BCUT2D eigenvalue weighted by Gasteiger charge is -2.51. The summed E-state index contributed by atoms with van der Waals surface area (Å²) in [5.41, 5.74) is 0.184. The molecule has 5 rings (SSSR count). The van der Waals surface area contributed by atoms with E-state index in [0.717, 1.165) is 29.6 Å². The lowest BCUT2D eigenvalue weighted by Crippen LogP contribution is -2.51. The van der Waals surface area contributed by atoms with Gasteiger partial charge >= 0.3 is 0 Å². The van der Waals surface area contributed by atoms with Gasteiger partial charge in [-0.05, 0) is 68.6 Å². The van der Waals surface area contributed by atoms with Gasteiger partial charge in [-0.1, -0.05) is 31.4 Å². The van der Waals surface area contributed by atoms with Crippen molar-refractivity contribution >= 4 is 0 Å². The highest BCUT2D eigenvalue weighted by Gasteiger charge is 2.55. The van der Waals surface area contributed by atoms with Crippen LogP contribution in [-0.2, 0) is 4.74 Å². The molecule has 4 saturated carbocycles. The van der Waals surface area contributed by atoms with Crippen molar-refractivity contribution in [2.45, 2.75) is 75.9 Å². The van der Waals surface area contributed by atoms with Crippen molar-refractivity contribution in [2.24, 2.45) is 29.6 Å². The van der Waals surface area contributed by atoms with E-state index in [4.69, 9.17) is 4.74 Å². The molecule has 7 atom stereocenters. The Bertz CT molecular complexity index is 427. The molecule has 0 radical (unpaired) electrons. The smallest absolute Gasteiger partial charge is 0.0897 e. The maximum atomic E-state index is 6.96. The van der Waals surface area contributed by atoms with Crippen molar-refractivity contribution in [3.63, 3.8) is 0 Å². The molecule has 0 N–H and O–H groups in total. The summed E-state index contributed by atoms with van der Waals surface area (Å²) in [7, 11) is 0. The van der Waals surface area contributed by atoms with E-state index in [9.17, 15) is 0 Å². The molecule has 0 aromatic carbocycles. The molecule has 1 spiro atoms. The number of ether oxygens (including phenoxy) is 1. The third kappa shape index (κ3) is 1.65. The van der Waals surface area contributed by atoms with Crippen LogP contribution in [0.5, 0.6) is 0 Å². The van der Waals surface area contributed by atoms with Crippen molar-refractivity contribution in [3.8, 4) is 0 Å². The summed E-state index contributed by atoms with van der Waals surface area (Å²) in [5.74, 6) is 4.47. The Morgan fingerprint density at radius 2 is 1.90 bits per heavy atom. The number of hydrogen-bond acceptors (Lipinski definition) is 1. The Morgan fingerprint density at radius 1 is 0.950 bits per heavy atom. The third-order valence-corrected chi connectivity index (χ3v) is 7.50. The predicted octanol–water partition coefficient (Wildman–Crippen LogP) is 4.72. The number of hydrogen-bond donors (Lipinski definition) is 0. The van der Waals surface area contributed by atoms with Gasteiger partial charge in [0.25, 0.3) is 0 Å². The standard InChI is InChI=1S/C19H28O/c1-2-4-17-14(3-1)6-7-15-9-10-19(20-18(15)17)12-13-5-8-16(19)11-13/h9-10,13-18H,1-8,11-12H2. The zero-order chi connectivity index (χ0) is 13.2. The van der Waals surface area contributed by atoms with Gasteiger partial charge in [-0.2, -0.15) is 0 Å². The van der Waals surface area contributed by atoms with Gasteiger partial charge in [-0.3, -0.25) is 0 Å². The molecule has 4 fully saturated rings. The Morgan fingerprint density at radius 3 is 2.75 bits per heavy atom. The van der Waals surface area contributed by atoms with Crippen LogP contribution in [0.1, 0.15) is 64.2 Å². The van der Waals surface area contributed by atoms with Crippen molar-refractivity contribution in [1.29, 1.82) is 0 Å². The molecule has 0 amide bonds. The molecule has 0 aromatic heterocycles. The van der Waals surface area contributed by atoms with Crippen LogP contribution in [0.15, 0.2) is 12.2 Å². The largest absolute Gasteiger partial charge is 0.366 e. The van der Waals surface area contributed by atoms with E-state index in [2.05, 4.69) is 12.2 Å². The van der Waals surface area contributed by atoms with Gasteiger partial charge in [0.15, 0.2) is 0 Å². The Labute approximate surface area is 123 Å². The zero-order valence-electron chi connectivity index (χ0n) is 12.6. The Hall–Kier alpha value is -0.300. The number of rotatable bonds is 0. The first kappa shape index (κ1) is 12.3. The fraction of sp³-hybridized carbons (Fsp3) is 0.895. The van der Waals surface area contributed by atoms with E-state index >= 15 is 0 Å². The third-order valence-electron chi connectivity index (χ3n) is 7.50. The first-order chi connectivity index (χ1) is 9.84. The Balaban J connectivity index is 1.44. The summed E-state index contributed by atoms with van der Waals surface area (Å²) in [6.07, 6.45) is 20.1. The van der Waals surface area contributed by atoms with Crippen LogP contribution in [-0.4, -0.2) is 11.7 Å². The summed E-state index contributed by atoms with van der Waals surface area (Å²) < 4.78 is 6.96. The van der Waals surface area contributed by atoms with Crippen LogP contribution in [0.3, 0.4) is 0 Å². The predicted molar refractivity (Wildman–Crippen MR) is 80.4 cm³/mol. The molecule has 7 unspecified atom stereocenters. The van der Waals surface area contributed by atoms with Crippen molar-refractivity contribution < 1.29 is 4.74 Å². The second kappa shape index (κ2) is 4.35. The van der Waals surface area contributed by atoms with E-state index in [1.165, 1.54) is 64.2 Å². The van der Waals surface area contributed by atoms with Crippen LogP contribution >= 0.6 is 0 Å². The van der Waals surface area contributed by atoms with Gasteiger partial charge in [0.05, 0.1) is 11.7 Å². The van der Waals surface area contributed by atoms with Gasteiger partial charge in [-0.25, -0.2) is 0 Å². The molecular weight excluding hydrogens is 244 g/mol. The van der Waals surface area contributed by atoms with E-state index in [1.807, 2.05) is 0 Å². The van der Waals surface area contributed by atoms with Crippen molar-refractivity contribution in [2.75, 3.05) is 0 Å². The first-order valence-electron chi connectivity index (χ1n) is 9.21. The molecule has 5 aliphatic rings. The van der Waals surface area contributed by atoms with E-state index < -0.39 is 0 Å². The van der Waals surface area contributed by atoms with Gasteiger partial charge in [0.2, 0.25) is 0 Å². The van der Waals surface area contributed by atoms with Crippen LogP contribution in [0.4, 0.5) is 0 Å². The van der Waals surface area contributed by atoms with E-state index in [-0.39, 0.29) is 5.60 Å². The van der Waals surface area contributed by atoms with Crippen molar-refractivity contribution in [3.05, 3.63) is 12.2 Å². The molecule has 1 nitrogen and oxygen atoms in total. The van der Waals surface area contributed by atoms with Crippen LogP contribution in [0.25, 0.3) is 0 Å². The number of fused-ring (bicyclic) bond motifs is 6.